The number of hydrogen-bond acceptors (Lipinski definition) is 2. The van der Waals surface area contributed by atoms with E-state index in [0.29, 0.717) is 18.1 Å². The summed E-state index contributed by atoms with van der Waals surface area (Å²) >= 11 is 0. The summed E-state index contributed by atoms with van der Waals surface area (Å²) < 4.78 is 1.88. The van der Waals surface area contributed by atoms with E-state index in [0.717, 1.165) is 24.9 Å². The van der Waals surface area contributed by atoms with E-state index in [1.54, 1.807) is 0 Å². The van der Waals surface area contributed by atoms with Gasteiger partial charge in [0.2, 0.25) is 0 Å². The Morgan fingerprint density at radius 3 is 2.65 bits per heavy atom. The molecule has 0 atom stereocenters. The molecular formula is C14H22N2O. The lowest BCUT2D eigenvalue weighted by Gasteiger charge is -2.11. The van der Waals surface area contributed by atoms with E-state index in [-0.39, 0.29) is 0 Å². The van der Waals surface area contributed by atoms with Crippen molar-refractivity contribution >= 4 is 5.78 Å². The summed E-state index contributed by atoms with van der Waals surface area (Å²) in [6, 6.07) is 0. The molecule has 3 heteroatoms. The minimum atomic E-state index is 0.308. The third-order valence-electron chi connectivity index (χ3n) is 3.70. The monoisotopic (exact) mass is 234 g/mol. The van der Waals surface area contributed by atoms with Crippen LogP contribution in [0.4, 0.5) is 0 Å². The van der Waals surface area contributed by atoms with Gasteiger partial charge in [-0.2, -0.15) is 5.10 Å². The summed E-state index contributed by atoms with van der Waals surface area (Å²) in [5, 5.41) is 4.22. The van der Waals surface area contributed by atoms with Crippen molar-refractivity contribution in [2.45, 2.75) is 58.4 Å². The van der Waals surface area contributed by atoms with Crippen molar-refractivity contribution in [1.82, 2.24) is 9.78 Å². The Hall–Kier alpha value is -1.12. The van der Waals surface area contributed by atoms with Crippen LogP contribution in [-0.4, -0.2) is 15.6 Å². The first kappa shape index (κ1) is 12.3. The van der Waals surface area contributed by atoms with Gasteiger partial charge in [0.05, 0.1) is 6.20 Å². The number of carbonyl (C=O) groups excluding carboxylic acids is 1. The quantitative estimate of drug-likeness (QED) is 0.751. The Balaban J connectivity index is 1.90. The fraction of sp³-hybridized carbons (Fsp3) is 0.714. The third kappa shape index (κ3) is 3.42. The molecule has 2 rings (SSSR count). The zero-order chi connectivity index (χ0) is 12.1. The molecule has 17 heavy (non-hydrogen) atoms. The molecule has 1 heterocycles. The van der Waals surface area contributed by atoms with E-state index in [1.807, 2.05) is 17.1 Å². The van der Waals surface area contributed by atoms with E-state index >= 15 is 0 Å². The number of carbonyl (C=O) groups is 1. The van der Waals surface area contributed by atoms with E-state index in [1.165, 1.54) is 25.7 Å². The van der Waals surface area contributed by atoms with Crippen LogP contribution in [0.2, 0.25) is 0 Å². The average molecular weight is 234 g/mol. The normalized spacial score (nSPS) is 17.9. The second-order valence-corrected chi connectivity index (χ2v) is 5.04. The lowest BCUT2D eigenvalue weighted by atomic mass is 9.92. The molecule has 1 aromatic heterocycles. The number of nitrogens with zero attached hydrogens (tertiary/aromatic N) is 2. The predicted octanol–water partition coefficient (Wildman–Crippen LogP) is 2.99. The Bertz CT molecular complexity index is 362. The minimum Gasteiger partial charge on any atom is -0.299 e. The zero-order valence-electron chi connectivity index (χ0n) is 10.7. The number of aryl methyl sites for hydroxylation is 1. The molecule has 0 aromatic carbocycles. The average Bonchev–Trinajstić information content (AvgIpc) is 2.62. The zero-order valence-corrected chi connectivity index (χ0v) is 10.7. The van der Waals surface area contributed by atoms with Crippen LogP contribution in [0.3, 0.4) is 0 Å². The summed E-state index contributed by atoms with van der Waals surface area (Å²) in [6.45, 7) is 2.93. The summed E-state index contributed by atoms with van der Waals surface area (Å²) in [5.41, 5.74) is 1.07. The predicted molar refractivity (Wildman–Crippen MR) is 67.8 cm³/mol. The highest BCUT2D eigenvalue weighted by atomic mass is 16.1. The molecule has 0 bridgehead atoms. The molecule has 1 aliphatic rings. The maximum Gasteiger partial charge on any atom is 0.140 e. The molecule has 0 radical (unpaired) electrons. The summed E-state index contributed by atoms with van der Waals surface area (Å²) in [7, 11) is 0. The third-order valence-corrected chi connectivity index (χ3v) is 3.70. The first-order chi connectivity index (χ1) is 8.29. The minimum absolute atomic E-state index is 0.308. The second kappa shape index (κ2) is 5.99. The molecule has 1 fully saturated rings. The lowest BCUT2D eigenvalue weighted by molar-refractivity contribution is -0.122. The van der Waals surface area contributed by atoms with Crippen LogP contribution in [-0.2, 0) is 17.8 Å². The molecule has 0 amide bonds. The molecule has 0 unspecified atom stereocenters. The van der Waals surface area contributed by atoms with Gasteiger partial charge in [-0.15, -0.1) is 0 Å². The largest absolute Gasteiger partial charge is 0.299 e. The highest BCUT2D eigenvalue weighted by Crippen LogP contribution is 2.24. The van der Waals surface area contributed by atoms with Crippen LogP contribution in [0.25, 0.3) is 0 Å². The van der Waals surface area contributed by atoms with Crippen molar-refractivity contribution in [3.63, 3.8) is 0 Å². The van der Waals surface area contributed by atoms with Crippen LogP contribution in [0.1, 0.15) is 51.0 Å². The first-order valence-corrected chi connectivity index (χ1v) is 6.83. The highest BCUT2D eigenvalue weighted by Gasteiger charge is 2.20. The molecule has 1 saturated carbocycles. The molecule has 1 aliphatic carbocycles. The SMILES string of the molecule is CCn1cc(CC(=O)C2CCCCCC2)cn1. The molecular weight excluding hydrogens is 212 g/mol. The Morgan fingerprint density at radius 2 is 2.06 bits per heavy atom. The number of Topliss-reactive ketones (excluding diaryl/α,β-unsaturated/α-hetero) is 1. The number of ketones is 1. The van der Waals surface area contributed by atoms with Gasteiger partial charge < -0.3 is 0 Å². The van der Waals surface area contributed by atoms with Gasteiger partial charge in [-0.3, -0.25) is 9.48 Å². The molecule has 0 saturated heterocycles. The van der Waals surface area contributed by atoms with Crippen LogP contribution in [0.5, 0.6) is 0 Å². The second-order valence-electron chi connectivity index (χ2n) is 5.04. The summed E-state index contributed by atoms with van der Waals surface area (Å²) in [5.74, 6) is 0.727. The maximum atomic E-state index is 12.2. The molecule has 0 N–H and O–H groups in total. The van der Waals surface area contributed by atoms with Gasteiger partial charge in [-0.05, 0) is 25.3 Å². The van der Waals surface area contributed by atoms with Crippen LogP contribution in [0.15, 0.2) is 12.4 Å². The van der Waals surface area contributed by atoms with E-state index < -0.39 is 0 Å². The Kier molecular flexibility index (Phi) is 4.35. The summed E-state index contributed by atoms with van der Waals surface area (Å²) in [4.78, 5) is 12.2. The fourth-order valence-electron chi connectivity index (χ4n) is 2.62. The fourth-order valence-corrected chi connectivity index (χ4v) is 2.62. The van der Waals surface area contributed by atoms with Gasteiger partial charge in [-0.25, -0.2) is 0 Å². The van der Waals surface area contributed by atoms with Crippen molar-refractivity contribution in [2.24, 2.45) is 5.92 Å². The first-order valence-electron chi connectivity index (χ1n) is 6.83. The van der Waals surface area contributed by atoms with Gasteiger partial charge in [0.25, 0.3) is 0 Å². The van der Waals surface area contributed by atoms with E-state index in [4.69, 9.17) is 0 Å². The van der Waals surface area contributed by atoms with Crippen LogP contribution >= 0.6 is 0 Å². The Labute approximate surface area is 103 Å². The van der Waals surface area contributed by atoms with Crippen molar-refractivity contribution in [1.29, 1.82) is 0 Å². The van der Waals surface area contributed by atoms with E-state index in [2.05, 4.69) is 12.0 Å². The summed E-state index contributed by atoms with van der Waals surface area (Å²) in [6.07, 6.45) is 11.7. The van der Waals surface area contributed by atoms with Crippen molar-refractivity contribution in [3.8, 4) is 0 Å². The standard InChI is InChI=1S/C14H22N2O/c1-2-16-11-12(10-15-16)9-14(17)13-7-5-3-4-6-8-13/h10-11,13H,2-9H2,1H3. The van der Waals surface area contributed by atoms with Gasteiger partial charge in [-0.1, -0.05) is 25.7 Å². The topological polar surface area (TPSA) is 34.9 Å². The van der Waals surface area contributed by atoms with Crippen LogP contribution in [0, 0.1) is 5.92 Å². The van der Waals surface area contributed by atoms with Gasteiger partial charge in [0.15, 0.2) is 0 Å². The number of hydrogen-bond donors (Lipinski definition) is 0. The number of aromatic nitrogens is 2. The lowest BCUT2D eigenvalue weighted by Crippen LogP contribution is -2.16. The number of rotatable bonds is 4. The van der Waals surface area contributed by atoms with Gasteiger partial charge in [0, 0.05) is 25.1 Å². The van der Waals surface area contributed by atoms with Gasteiger partial charge in [0.1, 0.15) is 5.78 Å². The van der Waals surface area contributed by atoms with Crippen molar-refractivity contribution in [3.05, 3.63) is 18.0 Å². The molecule has 94 valence electrons. The van der Waals surface area contributed by atoms with Gasteiger partial charge >= 0.3 is 0 Å². The molecule has 3 nitrogen and oxygen atoms in total. The molecule has 0 spiro atoms. The smallest absolute Gasteiger partial charge is 0.140 e. The van der Waals surface area contributed by atoms with Crippen molar-refractivity contribution in [2.75, 3.05) is 0 Å². The Morgan fingerprint density at radius 1 is 1.35 bits per heavy atom. The van der Waals surface area contributed by atoms with E-state index in [9.17, 15) is 4.79 Å². The van der Waals surface area contributed by atoms with Crippen LogP contribution < -0.4 is 0 Å². The van der Waals surface area contributed by atoms with Crippen molar-refractivity contribution < 1.29 is 4.79 Å². The highest BCUT2D eigenvalue weighted by molar-refractivity contribution is 5.83. The maximum absolute atomic E-state index is 12.2. The molecule has 1 aromatic rings. The molecule has 0 aliphatic heterocycles.